The summed E-state index contributed by atoms with van der Waals surface area (Å²) in [6, 6.07) is 6.04. The number of carboxylic acid groups (broad SMARTS) is 1. The molecular formula is C16H21FN2O4. The molecule has 2 N–H and O–H groups in total. The van der Waals surface area contributed by atoms with E-state index in [1.165, 1.54) is 17.0 Å². The average molecular weight is 324 g/mol. The van der Waals surface area contributed by atoms with Crippen molar-refractivity contribution in [3.63, 3.8) is 0 Å². The van der Waals surface area contributed by atoms with E-state index in [4.69, 9.17) is 9.84 Å². The summed E-state index contributed by atoms with van der Waals surface area (Å²) < 4.78 is 19.0. The largest absolute Gasteiger partial charge is 0.481 e. The number of likely N-dealkylation sites (tertiary alicyclic amines) is 1. The standard InChI is InChI=1S/C16H21FN2O4/c1-15(2,3)23-14(22)19-9-16(10-19,8-13(20)21)18-12-7-5-4-6-11(12)17/h4-7,18H,8-10H2,1-3H3,(H,20,21). The van der Waals surface area contributed by atoms with Gasteiger partial charge in [0.2, 0.25) is 0 Å². The molecule has 0 aromatic heterocycles. The van der Waals surface area contributed by atoms with Crippen LogP contribution in [0.1, 0.15) is 27.2 Å². The van der Waals surface area contributed by atoms with Gasteiger partial charge in [-0.15, -0.1) is 0 Å². The minimum absolute atomic E-state index is 0.141. The Morgan fingerprint density at radius 3 is 2.48 bits per heavy atom. The smallest absolute Gasteiger partial charge is 0.410 e. The molecule has 1 aromatic rings. The SMILES string of the molecule is CC(C)(C)OC(=O)N1CC(CC(=O)O)(Nc2ccccc2F)C1. The van der Waals surface area contributed by atoms with Gasteiger partial charge in [0.15, 0.2) is 0 Å². The van der Waals surface area contributed by atoms with Gasteiger partial charge in [-0.1, -0.05) is 12.1 Å². The zero-order chi connectivity index (χ0) is 17.3. The minimum atomic E-state index is -1.02. The first-order valence-corrected chi connectivity index (χ1v) is 7.33. The Bertz CT molecular complexity index is 606. The highest BCUT2D eigenvalue weighted by atomic mass is 19.1. The van der Waals surface area contributed by atoms with E-state index in [0.717, 1.165) is 0 Å². The molecule has 23 heavy (non-hydrogen) atoms. The van der Waals surface area contributed by atoms with Gasteiger partial charge >= 0.3 is 12.1 Å². The summed E-state index contributed by atoms with van der Waals surface area (Å²) in [7, 11) is 0. The molecule has 1 saturated heterocycles. The number of ether oxygens (including phenoxy) is 1. The molecule has 6 nitrogen and oxygen atoms in total. The summed E-state index contributed by atoms with van der Waals surface area (Å²) >= 11 is 0. The number of carboxylic acids is 1. The summed E-state index contributed by atoms with van der Waals surface area (Å²) in [5.41, 5.74) is -1.30. The Morgan fingerprint density at radius 1 is 1.35 bits per heavy atom. The number of hydrogen-bond donors (Lipinski definition) is 2. The Morgan fingerprint density at radius 2 is 1.96 bits per heavy atom. The Labute approximate surface area is 134 Å². The van der Waals surface area contributed by atoms with Gasteiger partial charge in [-0.05, 0) is 32.9 Å². The molecule has 1 heterocycles. The van der Waals surface area contributed by atoms with Gasteiger partial charge in [-0.25, -0.2) is 9.18 Å². The van der Waals surface area contributed by atoms with Crippen LogP contribution in [0.3, 0.4) is 0 Å². The summed E-state index contributed by atoms with van der Waals surface area (Å²) in [6.07, 6.45) is -0.727. The highest BCUT2D eigenvalue weighted by Crippen LogP contribution is 2.31. The third-order valence-corrected chi connectivity index (χ3v) is 3.40. The molecular weight excluding hydrogens is 303 g/mol. The number of benzene rings is 1. The Kier molecular flexibility index (Phi) is 4.49. The van der Waals surface area contributed by atoms with Crippen LogP contribution in [0.4, 0.5) is 14.9 Å². The second kappa shape index (κ2) is 6.06. The maximum Gasteiger partial charge on any atom is 0.410 e. The van der Waals surface area contributed by atoms with Crippen LogP contribution in [0, 0.1) is 5.82 Å². The fraction of sp³-hybridized carbons (Fsp3) is 0.500. The maximum absolute atomic E-state index is 13.8. The van der Waals surface area contributed by atoms with Crippen molar-refractivity contribution >= 4 is 17.7 Å². The van der Waals surface area contributed by atoms with Gasteiger partial charge in [0.05, 0.1) is 17.6 Å². The topological polar surface area (TPSA) is 78.9 Å². The Hall–Kier alpha value is -2.31. The molecule has 1 aromatic carbocycles. The third kappa shape index (κ3) is 4.34. The molecule has 7 heteroatoms. The van der Waals surface area contributed by atoms with Gasteiger partial charge in [-0.3, -0.25) is 4.79 Å². The fourth-order valence-corrected chi connectivity index (χ4v) is 2.51. The summed E-state index contributed by atoms with van der Waals surface area (Å²) in [6.45, 7) is 5.55. The third-order valence-electron chi connectivity index (χ3n) is 3.40. The molecule has 0 saturated carbocycles. The number of nitrogens with one attached hydrogen (secondary N) is 1. The van der Waals surface area contributed by atoms with Crippen LogP contribution in [0.15, 0.2) is 24.3 Å². The number of halogens is 1. The second-order valence-electron chi connectivity index (χ2n) is 6.79. The molecule has 0 aliphatic carbocycles. The van der Waals surface area contributed by atoms with E-state index in [1.54, 1.807) is 32.9 Å². The molecule has 0 spiro atoms. The highest BCUT2D eigenvalue weighted by molar-refractivity contribution is 5.74. The van der Waals surface area contributed by atoms with Crippen LogP contribution in [0.5, 0.6) is 0 Å². The maximum atomic E-state index is 13.8. The van der Waals surface area contributed by atoms with E-state index in [2.05, 4.69) is 5.32 Å². The van der Waals surface area contributed by atoms with Crippen LogP contribution < -0.4 is 5.32 Å². The van der Waals surface area contributed by atoms with Crippen molar-refractivity contribution in [2.24, 2.45) is 0 Å². The number of anilines is 1. The lowest BCUT2D eigenvalue weighted by Gasteiger charge is -2.50. The molecule has 1 aliphatic heterocycles. The monoisotopic (exact) mass is 324 g/mol. The molecule has 1 aliphatic rings. The molecule has 0 unspecified atom stereocenters. The molecule has 1 fully saturated rings. The molecule has 0 atom stereocenters. The first-order chi connectivity index (χ1) is 10.6. The fourth-order valence-electron chi connectivity index (χ4n) is 2.51. The quantitative estimate of drug-likeness (QED) is 0.890. The molecule has 2 rings (SSSR count). The second-order valence-corrected chi connectivity index (χ2v) is 6.79. The predicted molar refractivity (Wildman–Crippen MR) is 82.8 cm³/mol. The van der Waals surface area contributed by atoms with E-state index in [1.807, 2.05) is 0 Å². The molecule has 0 radical (unpaired) electrons. The number of aliphatic carboxylic acids is 1. The van der Waals surface area contributed by atoms with Crippen molar-refractivity contribution in [3.8, 4) is 0 Å². The van der Waals surface area contributed by atoms with E-state index in [9.17, 15) is 14.0 Å². The first-order valence-electron chi connectivity index (χ1n) is 7.33. The van der Waals surface area contributed by atoms with Crippen LogP contribution >= 0.6 is 0 Å². The minimum Gasteiger partial charge on any atom is -0.481 e. The van der Waals surface area contributed by atoms with Crippen molar-refractivity contribution in [1.29, 1.82) is 0 Å². The number of amides is 1. The first kappa shape index (κ1) is 17.1. The van der Waals surface area contributed by atoms with Crippen LogP contribution in [-0.2, 0) is 9.53 Å². The lowest BCUT2D eigenvalue weighted by Crippen LogP contribution is -2.68. The number of hydrogen-bond acceptors (Lipinski definition) is 4. The van der Waals surface area contributed by atoms with Gasteiger partial charge in [-0.2, -0.15) is 0 Å². The van der Waals surface area contributed by atoms with Crippen molar-refractivity contribution < 1.29 is 23.8 Å². The van der Waals surface area contributed by atoms with E-state index >= 15 is 0 Å². The molecule has 1 amide bonds. The van der Waals surface area contributed by atoms with E-state index < -0.39 is 29.0 Å². The Balaban J connectivity index is 2.08. The highest BCUT2D eigenvalue weighted by Gasteiger charge is 2.48. The van der Waals surface area contributed by atoms with E-state index in [-0.39, 0.29) is 25.2 Å². The predicted octanol–water partition coefficient (Wildman–Crippen LogP) is 2.70. The van der Waals surface area contributed by atoms with Crippen LogP contribution in [-0.4, -0.2) is 46.3 Å². The van der Waals surface area contributed by atoms with E-state index in [0.29, 0.717) is 0 Å². The number of carbonyl (C=O) groups excluding carboxylic acids is 1. The lowest BCUT2D eigenvalue weighted by molar-refractivity contribution is -0.139. The normalized spacial score (nSPS) is 16.4. The summed E-state index contributed by atoms with van der Waals surface area (Å²) in [5, 5.41) is 12.0. The zero-order valence-corrected chi connectivity index (χ0v) is 13.4. The average Bonchev–Trinajstić information content (AvgIpc) is 2.35. The van der Waals surface area contributed by atoms with Crippen LogP contribution in [0.25, 0.3) is 0 Å². The number of carbonyl (C=O) groups is 2. The molecule has 126 valence electrons. The van der Waals surface area contributed by atoms with Crippen molar-refractivity contribution in [2.75, 3.05) is 18.4 Å². The van der Waals surface area contributed by atoms with Crippen molar-refractivity contribution in [1.82, 2.24) is 4.90 Å². The van der Waals surface area contributed by atoms with Gasteiger partial charge in [0.25, 0.3) is 0 Å². The molecule has 0 bridgehead atoms. The number of nitrogens with zero attached hydrogens (tertiary/aromatic N) is 1. The van der Waals surface area contributed by atoms with Gasteiger partial charge < -0.3 is 20.1 Å². The zero-order valence-electron chi connectivity index (χ0n) is 13.4. The van der Waals surface area contributed by atoms with Crippen molar-refractivity contribution in [3.05, 3.63) is 30.1 Å². The summed E-state index contributed by atoms with van der Waals surface area (Å²) in [4.78, 5) is 24.5. The van der Waals surface area contributed by atoms with Gasteiger partial charge in [0, 0.05) is 13.1 Å². The van der Waals surface area contributed by atoms with Gasteiger partial charge in [0.1, 0.15) is 11.4 Å². The number of rotatable bonds is 4. The van der Waals surface area contributed by atoms with Crippen LogP contribution in [0.2, 0.25) is 0 Å². The number of para-hydroxylation sites is 1. The van der Waals surface area contributed by atoms with Crippen molar-refractivity contribution in [2.45, 2.75) is 38.3 Å². The summed E-state index contributed by atoms with van der Waals surface area (Å²) in [5.74, 6) is -1.48. The lowest BCUT2D eigenvalue weighted by atomic mass is 9.86.